The molecule has 3 rings (SSSR count). The zero-order valence-electron chi connectivity index (χ0n) is 14.8. The number of fused-ring (bicyclic) bond motifs is 1. The maximum absolute atomic E-state index is 12.1. The third-order valence-electron chi connectivity index (χ3n) is 3.84. The van der Waals surface area contributed by atoms with E-state index in [0.29, 0.717) is 11.5 Å². The van der Waals surface area contributed by atoms with Crippen molar-refractivity contribution >= 4 is 22.6 Å². The minimum absolute atomic E-state index is 0.204. The fraction of sp³-hybridized carbons (Fsp3) is 0.143. The molecular formula is C21H20N2O4. The lowest BCUT2D eigenvalue weighted by atomic mass is 10.1. The predicted octanol–water partition coefficient (Wildman–Crippen LogP) is 2.83. The Morgan fingerprint density at radius 1 is 0.852 bits per heavy atom. The highest BCUT2D eigenvalue weighted by molar-refractivity contribution is 5.86. The maximum Gasteiger partial charge on any atom is 0.279 e. The molecule has 6 heteroatoms. The van der Waals surface area contributed by atoms with Crippen LogP contribution in [0.3, 0.4) is 0 Å². The molecule has 0 unspecified atom stereocenters. The van der Waals surface area contributed by atoms with Crippen molar-refractivity contribution in [1.29, 1.82) is 0 Å². The molecule has 0 aliphatic heterocycles. The number of hydrogen-bond donors (Lipinski definition) is 2. The molecule has 2 N–H and O–H groups in total. The van der Waals surface area contributed by atoms with Crippen LogP contribution in [-0.2, 0) is 9.59 Å². The van der Waals surface area contributed by atoms with E-state index in [2.05, 4.69) is 10.9 Å². The minimum Gasteiger partial charge on any atom is -0.484 e. The topological polar surface area (TPSA) is 76.7 Å². The molecule has 0 saturated carbocycles. The average Bonchev–Trinajstić information content (AvgIpc) is 2.71. The molecule has 0 aromatic heterocycles. The highest BCUT2D eigenvalue weighted by Gasteiger charge is 2.15. The van der Waals surface area contributed by atoms with Crippen LogP contribution in [0, 0.1) is 0 Å². The van der Waals surface area contributed by atoms with E-state index < -0.39 is 17.9 Å². The van der Waals surface area contributed by atoms with E-state index in [1.807, 2.05) is 42.5 Å². The first-order valence-corrected chi connectivity index (χ1v) is 8.54. The second kappa shape index (κ2) is 8.71. The second-order valence-corrected chi connectivity index (χ2v) is 5.91. The van der Waals surface area contributed by atoms with E-state index in [-0.39, 0.29) is 6.61 Å². The molecule has 27 heavy (non-hydrogen) atoms. The lowest BCUT2D eigenvalue weighted by Gasteiger charge is -2.15. The number of hydrazine groups is 1. The van der Waals surface area contributed by atoms with E-state index in [4.69, 9.17) is 9.47 Å². The standard InChI is InChI=1S/C21H20N2O4/c1-15(27-19-12-11-16-7-5-6-8-17(16)13-19)21(25)23-22-20(24)14-26-18-9-3-2-4-10-18/h2-13,15H,14H2,1H3,(H,22,24)(H,23,25)/t15-/m1/s1. The van der Waals surface area contributed by atoms with Crippen molar-refractivity contribution in [3.05, 3.63) is 72.8 Å². The summed E-state index contributed by atoms with van der Waals surface area (Å²) >= 11 is 0. The first-order chi connectivity index (χ1) is 13.1. The van der Waals surface area contributed by atoms with E-state index in [0.717, 1.165) is 10.8 Å². The Morgan fingerprint density at radius 3 is 2.33 bits per heavy atom. The average molecular weight is 364 g/mol. The smallest absolute Gasteiger partial charge is 0.279 e. The van der Waals surface area contributed by atoms with Crippen molar-refractivity contribution in [3.63, 3.8) is 0 Å². The van der Waals surface area contributed by atoms with Crippen LogP contribution in [-0.4, -0.2) is 24.5 Å². The molecule has 0 radical (unpaired) electrons. The summed E-state index contributed by atoms with van der Waals surface area (Å²) in [5.74, 6) is 0.225. The van der Waals surface area contributed by atoms with Gasteiger partial charge in [0, 0.05) is 0 Å². The van der Waals surface area contributed by atoms with Gasteiger partial charge in [0.1, 0.15) is 11.5 Å². The molecule has 3 aromatic carbocycles. The van der Waals surface area contributed by atoms with Gasteiger partial charge in [0.2, 0.25) is 0 Å². The molecule has 1 atom stereocenters. The van der Waals surface area contributed by atoms with Crippen LogP contribution >= 0.6 is 0 Å². The van der Waals surface area contributed by atoms with Gasteiger partial charge >= 0.3 is 0 Å². The van der Waals surface area contributed by atoms with Crippen molar-refractivity contribution in [2.24, 2.45) is 0 Å². The van der Waals surface area contributed by atoms with Crippen LogP contribution in [0.5, 0.6) is 11.5 Å². The molecule has 0 saturated heterocycles. The van der Waals surface area contributed by atoms with Crippen LogP contribution in [0.15, 0.2) is 72.8 Å². The normalized spacial score (nSPS) is 11.4. The van der Waals surface area contributed by atoms with Gasteiger partial charge in [0.25, 0.3) is 11.8 Å². The zero-order chi connectivity index (χ0) is 19.1. The summed E-state index contributed by atoms with van der Waals surface area (Å²) in [4.78, 5) is 23.9. The van der Waals surface area contributed by atoms with E-state index in [1.54, 1.807) is 37.3 Å². The number of para-hydroxylation sites is 1. The number of hydrogen-bond acceptors (Lipinski definition) is 4. The van der Waals surface area contributed by atoms with Gasteiger partial charge in [0.05, 0.1) is 0 Å². The molecule has 3 aromatic rings. The zero-order valence-corrected chi connectivity index (χ0v) is 14.8. The number of amides is 2. The summed E-state index contributed by atoms with van der Waals surface area (Å²) in [5.41, 5.74) is 4.64. The third kappa shape index (κ3) is 5.22. The summed E-state index contributed by atoms with van der Waals surface area (Å²) in [6.45, 7) is 1.40. The van der Waals surface area contributed by atoms with Gasteiger partial charge in [-0.15, -0.1) is 0 Å². The molecule has 0 aliphatic carbocycles. The summed E-state index contributed by atoms with van der Waals surface area (Å²) in [6.07, 6.45) is -0.776. The Bertz CT molecular complexity index is 928. The SMILES string of the molecule is C[C@@H](Oc1ccc2ccccc2c1)C(=O)NNC(=O)COc1ccccc1. The third-order valence-corrected chi connectivity index (χ3v) is 3.84. The fourth-order valence-electron chi connectivity index (χ4n) is 2.43. The lowest BCUT2D eigenvalue weighted by molar-refractivity contribution is -0.133. The van der Waals surface area contributed by atoms with Gasteiger partial charge < -0.3 is 9.47 Å². The van der Waals surface area contributed by atoms with Crippen LogP contribution in [0.2, 0.25) is 0 Å². The number of nitrogens with one attached hydrogen (secondary N) is 2. The van der Waals surface area contributed by atoms with Gasteiger partial charge in [-0.3, -0.25) is 20.4 Å². The van der Waals surface area contributed by atoms with Crippen molar-refractivity contribution in [3.8, 4) is 11.5 Å². The fourth-order valence-corrected chi connectivity index (χ4v) is 2.43. The Hall–Kier alpha value is -3.54. The van der Waals surface area contributed by atoms with E-state index >= 15 is 0 Å². The van der Waals surface area contributed by atoms with Gasteiger partial charge in [-0.05, 0) is 42.0 Å². The Kier molecular flexibility index (Phi) is 5.89. The minimum atomic E-state index is -0.776. The Morgan fingerprint density at radius 2 is 1.56 bits per heavy atom. The van der Waals surface area contributed by atoms with Crippen LogP contribution < -0.4 is 20.3 Å². The van der Waals surface area contributed by atoms with Crippen LogP contribution in [0.1, 0.15) is 6.92 Å². The van der Waals surface area contributed by atoms with Gasteiger partial charge in [-0.25, -0.2) is 0 Å². The quantitative estimate of drug-likeness (QED) is 0.660. The molecule has 0 aliphatic rings. The van der Waals surface area contributed by atoms with Crippen molar-refractivity contribution < 1.29 is 19.1 Å². The molecule has 0 heterocycles. The molecule has 0 bridgehead atoms. The largest absolute Gasteiger partial charge is 0.484 e. The monoisotopic (exact) mass is 364 g/mol. The molecule has 0 spiro atoms. The van der Waals surface area contributed by atoms with Crippen LogP contribution in [0.4, 0.5) is 0 Å². The predicted molar refractivity (Wildman–Crippen MR) is 102 cm³/mol. The highest BCUT2D eigenvalue weighted by Crippen LogP contribution is 2.21. The number of ether oxygens (including phenoxy) is 2. The van der Waals surface area contributed by atoms with E-state index in [9.17, 15) is 9.59 Å². The molecule has 138 valence electrons. The summed E-state index contributed by atoms with van der Waals surface area (Å²) in [7, 11) is 0. The van der Waals surface area contributed by atoms with E-state index in [1.165, 1.54) is 0 Å². The van der Waals surface area contributed by atoms with Crippen molar-refractivity contribution in [1.82, 2.24) is 10.9 Å². The molecule has 2 amide bonds. The first-order valence-electron chi connectivity index (χ1n) is 8.54. The van der Waals surface area contributed by atoms with Crippen molar-refractivity contribution in [2.45, 2.75) is 13.0 Å². The highest BCUT2D eigenvalue weighted by atomic mass is 16.5. The summed E-state index contributed by atoms with van der Waals surface area (Å²) < 4.78 is 11.0. The summed E-state index contributed by atoms with van der Waals surface area (Å²) in [5, 5.41) is 2.11. The van der Waals surface area contributed by atoms with Crippen LogP contribution in [0.25, 0.3) is 10.8 Å². The number of benzene rings is 3. The number of carbonyl (C=O) groups is 2. The lowest BCUT2D eigenvalue weighted by Crippen LogP contribution is -2.48. The second-order valence-electron chi connectivity index (χ2n) is 5.91. The van der Waals surface area contributed by atoms with Gasteiger partial charge in [0.15, 0.2) is 12.7 Å². The van der Waals surface area contributed by atoms with Gasteiger partial charge in [-0.1, -0.05) is 48.5 Å². The Labute approximate surface area is 157 Å². The summed E-state index contributed by atoms with van der Waals surface area (Å²) in [6, 6.07) is 22.4. The Balaban J connectivity index is 1.46. The molecular weight excluding hydrogens is 344 g/mol. The molecule has 0 fully saturated rings. The first kappa shape index (κ1) is 18.3. The number of rotatable bonds is 6. The molecule has 6 nitrogen and oxygen atoms in total. The number of carbonyl (C=O) groups excluding carboxylic acids is 2. The maximum atomic E-state index is 12.1. The van der Waals surface area contributed by atoms with Gasteiger partial charge in [-0.2, -0.15) is 0 Å². The van der Waals surface area contributed by atoms with Crippen molar-refractivity contribution in [2.75, 3.05) is 6.61 Å².